The molecule has 0 aliphatic rings. The van der Waals surface area contributed by atoms with Gasteiger partial charge in [0.1, 0.15) is 5.56 Å². The van der Waals surface area contributed by atoms with Crippen molar-refractivity contribution in [3.8, 4) is 0 Å². The van der Waals surface area contributed by atoms with Crippen molar-refractivity contribution in [2.24, 2.45) is 0 Å². The molecule has 0 fully saturated rings. The number of carboxylic acids is 1. The number of nitrogens with two attached hydrogens (primary N) is 1. The van der Waals surface area contributed by atoms with Gasteiger partial charge in [-0.2, -0.15) is 0 Å². The molecule has 0 spiro atoms. The number of nitrogen functional groups attached to an aromatic ring is 1. The summed E-state index contributed by atoms with van der Waals surface area (Å²) in [6.07, 6.45) is 1.29. The van der Waals surface area contributed by atoms with Gasteiger partial charge < -0.3 is 10.9 Å². The van der Waals surface area contributed by atoms with Crippen molar-refractivity contribution in [2.45, 2.75) is 0 Å². The average Bonchev–Trinajstić information content (AvgIpc) is 1.94. The van der Waals surface area contributed by atoms with Crippen molar-refractivity contribution in [1.82, 2.24) is 4.68 Å². The van der Waals surface area contributed by atoms with Crippen LogP contribution in [0.2, 0.25) is 0 Å². The van der Waals surface area contributed by atoms with E-state index in [4.69, 9.17) is 10.9 Å². The second-order valence-electron chi connectivity index (χ2n) is 1.94. The highest BCUT2D eigenvalue weighted by Gasteiger charge is 2.07. The number of hydrogen-bond donors (Lipinski definition) is 2. The molecule has 5 heteroatoms. The monoisotopic (exact) mass is 154 g/mol. The third-order valence-electron chi connectivity index (χ3n) is 1.20. The van der Waals surface area contributed by atoms with Crippen LogP contribution in [0.4, 0.5) is 0 Å². The molecule has 0 bridgehead atoms. The Morgan fingerprint density at radius 1 is 1.64 bits per heavy atom. The molecule has 3 N–H and O–H groups in total. The number of hydrogen-bond acceptors (Lipinski definition) is 3. The second kappa shape index (κ2) is 2.45. The number of aromatic carboxylic acids is 1. The van der Waals surface area contributed by atoms with E-state index in [1.165, 1.54) is 18.3 Å². The summed E-state index contributed by atoms with van der Waals surface area (Å²) in [5.41, 5.74) is -1.03. The van der Waals surface area contributed by atoms with Crippen molar-refractivity contribution in [1.29, 1.82) is 0 Å². The Morgan fingerprint density at radius 3 is 2.73 bits per heavy atom. The van der Waals surface area contributed by atoms with Gasteiger partial charge in [-0.05, 0) is 12.1 Å². The highest BCUT2D eigenvalue weighted by Crippen LogP contribution is 1.88. The van der Waals surface area contributed by atoms with Crippen LogP contribution in [0.5, 0.6) is 0 Å². The summed E-state index contributed by atoms with van der Waals surface area (Å²) in [6, 6.07) is 2.60. The molecule has 0 atom stereocenters. The molecule has 5 nitrogen and oxygen atoms in total. The van der Waals surface area contributed by atoms with Crippen molar-refractivity contribution in [2.75, 3.05) is 5.84 Å². The fourth-order valence-electron chi connectivity index (χ4n) is 0.673. The predicted octanol–water partition coefficient (Wildman–Crippen LogP) is -0.740. The van der Waals surface area contributed by atoms with E-state index in [-0.39, 0.29) is 5.56 Å². The standard InChI is InChI=1S/C6H6N2O3/c7-8-3-1-2-4(5(8)9)6(10)11/h1-3H,7H2,(H,10,11). The second-order valence-corrected chi connectivity index (χ2v) is 1.94. The zero-order chi connectivity index (χ0) is 8.43. The molecule has 0 unspecified atom stereocenters. The Bertz CT molecular complexity index is 342. The van der Waals surface area contributed by atoms with Crippen molar-refractivity contribution >= 4 is 5.97 Å². The van der Waals surface area contributed by atoms with Gasteiger partial charge in [0.15, 0.2) is 0 Å². The van der Waals surface area contributed by atoms with Gasteiger partial charge >= 0.3 is 5.97 Å². The molecule has 1 aromatic heterocycles. The lowest BCUT2D eigenvalue weighted by atomic mass is 10.3. The molecule has 0 saturated carbocycles. The molecule has 0 radical (unpaired) electrons. The smallest absolute Gasteiger partial charge is 0.341 e. The number of aromatic nitrogens is 1. The molecular formula is C6H6N2O3. The number of carbonyl (C=O) groups is 1. The van der Waals surface area contributed by atoms with E-state index in [9.17, 15) is 9.59 Å². The summed E-state index contributed by atoms with van der Waals surface area (Å²) in [5, 5.41) is 8.42. The Morgan fingerprint density at radius 2 is 2.27 bits per heavy atom. The normalized spacial score (nSPS) is 9.45. The molecular weight excluding hydrogens is 148 g/mol. The van der Waals surface area contributed by atoms with Crippen molar-refractivity contribution in [3.63, 3.8) is 0 Å². The first-order valence-electron chi connectivity index (χ1n) is 2.83. The summed E-state index contributed by atoms with van der Waals surface area (Å²) in [7, 11) is 0. The molecule has 58 valence electrons. The van der Waals surface area contributed by atoms with Crippen LogP contribution in [0.3, 0.4) is 0 Å². The molecule has 0 amide bonds. The zero-order valence-electron chi connectivity index (χ0n) is 5.52. The fourth-order valence-corrected chi connectivity index (χ4v) is 0.673. The van der Waals surface area contributed by atoms with Gasteiger partial charge in [-0.15, -0.1) is 0 Å². The van der Waals surface area contributed by atoms with E-state index in [0.29, 0.717) is 0 Å². The Kier molecular flexibility index (Phi) is 1.63. The van der Waals surface area contributed by atoms with Crippen LogP contribution in [-0.4, -0.2) is 15.8 Å². The molecule has 1 rings (SSSR count). The number of pyridine rings is 1. The summed E-state index contributed by atoms with van der Waals surface area (Å²) in [5.74, 6) is 3.83. The lowest BCUT2D eigenvalue weighted by Crippen LogP contribution is -2.30. The SMILES string of the molecule is Nn1cccc(C(=O)O)c1=O. The molecule has 11 heavy (non-hydrogen) atoms. The summed E-state index contributed by atoms with van der Waals surface area (Å²) < 4.78 is 0.726. The van der Waals surface area contributed by atoms with Crippen LogP contribution in [0.1, 0.15) is 10.4 Å². The fraction of sp³-hybridized carbons (Fsp3) is 0. The van der Waals surface area contributed by atoms with E-state index in [1.54, 1.807) is 0 Å². The average molecular weight is 154 g/mol. The molecule has 0 saturated heterocycles. The number of carboxylic acid groups (broad SMARTS) is 1. The maximum atomic E-state index is 10.9. The first-order chi connectivity index (χ1) is 5.13. The van der Waals surface area contributed by atoms with Gasteiger partial charge in [0.2, 0.25) is 0 Å². The van der Waals surface area contributed by atoms with Crippen LogP contribution < -0.4 is 11.4 Å². The third kappa shape index (κ3) is 1.21. The van der Waals surface area contributed by atoms with Crippen LogP contribution in [-0.2, 0) is 0 Å². The molecule has 1 aromatic rings. The Hall–Kier alpha value is -1.78. The number of rotatable bonds is 1. The van der Waals surface area contributed by atoms with E-state index >= 15 is 0 Å². The van der Waals surface area contributed by atoms with E-state index < -0.39 is 11.5 Å². The molecule has 0 aromatic carbocycles. The van der Waals surface area contributed by atoms with Crippen LogP contribution in [0.15, 0.2) is 23.1 Å². The van der Waals surface area contributed by atoms with E-state index in [2.05, 4.69) is 0 Å². The van der Waals surface area contributed by atoms with Crippen LogP contribution in [0, 0.1) is 0 Å². The number of nitrogens with zero attached hydrogens (tertiary/aromatic N) is 1. The van der Waals surface area contributed by atoms with Gasteiger partial charge in [0, 0.05) is 6.20 Å². The quantitative estimate of drug-likeness (QED) is 0.521. The summed E-state index contributed by atoms with van der Waals surface area (Å²) >= 11 is 0. The third-order valence-corrected chi connectivity index (χ3v) is 1.20. The minimum Gasteiger partial charge on any atom is -0.477 e. The van der Waals surface area contributed by atoms with E-state index in [0.717, 1.165) is 4.68 Å². The van der Waals surface area contributed by atoms with Crippen molar-refractivity contribution in [3.05, 3.63) is 34.2 Å². The van der Waals surface area contributed by atoms with Crippen molar-refractivity contribution < 1.29 is 9.90 Å². The molecule has 0 aliphatic carbocycles. The van der Waals surface area contributed by atoms with Gasteiger partial charge in [-0.25, -0.2) is 9.47 Å². The molecule has 1 heterocycles. The summed E-state index contributed by atoms with van der Waals surface area (Å²) in [6.45, 7) is 0. The topological polar surface area (TPSA) is 85.3 Å². The lowest BCUT2D eigenvalue weighted by Gasteiger charge is -1.96. The van der Waals surface area contributed by atoms with Gasteiger partial charge in [0.05, 0.1) is 0 Å². The Labute approximate surface area is 61.7 Å². The Balaban J connectivity index is 3.40. The highest BCUT2D eigenvalue weighted by molar-refractivity contribution is 5.86. The minimum absolute atomic E-state index is 0.324. The highest BCUT2D eigenvalue weighted by atomic mass is 16.4. The maximum absolute atomic E-state index is 10.9. The summed E-state index contributed by atoms with van der Waals surface area (Å²) in [4.78, 5) is 21.2. The largest absolute Gasteiger partial charge is 0.477 e. The minimum atomic E-state index is -1.27. The molecule has 0 aliphatic heterocycles. The predicted molar refractivity (Wildman–Crippen MR) is 37.8 cm³/mol. The lowest BCUT2D eigenvalue weighted by molar-refractivity contribution is 0.0694. The van der Waals surface area contributed by atoms with Crippen LogP contribution >= 0.6 is 0 Å². The van der Waals surface area contributed by atoms with E-state index in [1.807, 2.05) is 0 Å². The first kappa shape index (κ1) is 7.33. The van der Waals surface area contributed by atoms with Gasteiger partial charge in [-0.3, -0.25) is 4.79 Å². The van der Waals surface area contributed by atoms with Crippen LogP contribution in [0.25, 0.3) is 0 Å². The van der Waals surface area contributed by atoms with Gasteiger partial charge in [-0.1, -0.05) is 0 Å². The maximum Gasteiger partial charge on any atom is 0.341 e. The first-order valence-corrected chi connectivity index (χ1v) is 2.83. The van der Waals surface area contributed by atoms with Gasteiger partial charge in [0.25, 0.3) is 5.56 Å². The zero-order valence-corrected chi connectivity index (χ0v) is 5.52.